The van der Waals surface area contributed by atoms with Crippen LogP contribution in [0, 0.1) is 0 Å². The highest BCUT2D eigenvalue weighted by Crippen LogP contribution is 2.52. The van der Waals surface area contributed by atoms with E-state index in [1.807, 2.05) is 31.2 Å². The molecular formula is C9H10ClO3P. The molecule has 0 fully saturated rings. The van der Waals surface area contributed by atoms with E-state index < -0.39 is 8.60 Å². The summed E-state index contributed by atoms with van der Waals surface area (Å²) in [4.78, 5) is 0. The van der Waals surface area contributed by atoms with Gasteiger partial charge >= 0.3 is 8.60 Å². The molecule has 3 nitrogen and oxygen atoms in total. The summed E-state index contributed by atoms with van der Waals surface area (Å²) in [6, 6.07) is 7.49. The molecular weight excluding hydrogens is 223 g/mol. The van der Waals surface area contributed by atoms with Crippen molar-refractivity contribution in [2.45, 2.75) is 12.3 Å². The maximum absolute atomic E-state index is 5.74. The van der Waals surface area contributed by atoms with Crippen LogP contribution in [0.3, 0.4) is 0 Å². The van der Waals surface area contributed by atoms with Crippen LogP contribution in [0.5, 0.6) is 11.5 Å². The van der Waals surface area contributed by atoms with Crippen molar-refractivity contribution >= 4 is 20.2 Å². The van der Waals surface area contributed by atoms with Gasteiger partial charge in [0.15, 0.2) is 11.5 Å². The quantitative estimate of drug-likeness (QED) is 0.591. The van der Waals surface area contributed by atoms with Gasteiger partial charge < -0.3 is 9.05 Å². The molecule has 2 rings (SSSR count). The van der Waals surface area contributed by atoms with Gasteiger partial charge in [-0.05, 0) is 19.1 Å². The molecule has 14 heavy (non-hydrogen) atoms. The van der Waals surface area contributed by atoms with Crippen molar-refractivity contribution in [2.24, 2.45) is 0 Å². The number of halogens is 1. The molecule has 1 aromatic rings. The third kappa shape index (κ3) is 2.30. The fraction of sp³-hybridized carbons (Fsp3) is 0.333. The smallest absolute Gasteiger partial charge is 0.414 e. The van der Waals surface area contributed by atoms with Gasteiger partial charge in [-0.2, -0.15) is 0 Å². The lowest BCUT2D eigenvalue weighted by atomic mass is 10.3. The van der Waals surface area contributed by atoms with Gasteiger partial charge in [-0.15, -0.1) is 11.6 Å². The molecule has 0 N–H and O–H groups in total. The third-order valence-electron chi connectivity index (χ3n) is 1.60. The summed E-state index contributed by atoms with van der Waals surface area (Å²) in [6.45, 7) is 2.29. The summed E-state index contributed by atoms with van der Waals surface area (Å²) in [5, 5.41) is -0.0339. The van der Waals surface area contributed by atoms with Gasteiger partial charge in [-0.1, -0.05) is 12.1 Å². The number of hydrogen-bond donors (Lipinski definition) is 0. The minimum Gasteiger partial charge on any atom is -0.414 e. The van der Waals surface area contributed by atoms with E-state index in [9.17, 15) is 0 Å². The molecule has 1 aliphatic heterocycles. The van der Waals surface area contributed by atoms with Crippen LogP contribution in [0.1, 0.15) is 6.92 Å². The number of alkyl halides is 1. The summed E-state index contributed by atoms with van der Waals surface area (Å²) in [7, 11) is -1.29. The molecule has 0 aliphatic carbocycles. The monoisotopic (exact) mass is 232 g/mol. The van der Waals surface area contributed by atoms with Gasteiger partial charge in [0.25, 0.3) is 0 Å². The Morgan fingerprint density at radius 3 is 2.43 bits per heavy atom. The first-order valence-electron chi connectivity index (χ1n) is 4.28. The molecule has 1 aliphatic rings. The van der Waals surface area contributed by atoms with E-state index in [2.05, 4.69) is 0 Å². The maximum atomic E-state index is 5.74. The van der Waals surface area contributed by atoms with E-state index in [0.29, 0.717) is 6.61 Å². The predicted molar refractivity (Wildman–Crippen MR) is 55.9 cm³/mol. The number of fused-ring (bicyclic) bond motifs is 1. The minimum absolute atomic E-state index is 0.0339. The van der Waals surface area contributed by atoms with Gasteiger partial charge in [-0.3, -0.25) is 4.52 Å². The van der Waals surface area contributed by atoms with E-state index in [1.54, 1.807) is 0 Å². The Balaban J connectivity index is 1.92. The Morgan fingerprint density at radius 1 is 1.36 bits per heavy atom. The summed E-state index contributed by atoms with van der Waals surface area (Å²) in [5.41, 5.74) is 0. The largest absolute Gasteiger partial charge is 0.463 e. The molecule has 0 amide bonds. The second-order valence-electron chi connectivity index (χ2n) is 2.93. The SMILES string of the molecule is CC(Cl)COP1Oc2ccccc2O1. The average Bonchev–Trinajstić information content (AvgIpc) is 2.57. The summed E-state index contributed by atoms with van der Waals surface area (Å²) >= 11 is 5.74. The third-order valence-corrected chi connectivity index (χ3v) is 2.78. The number of para-hydroxylation sites is 2. The summed E-state index contributed by atoms with van der Waals surface area (Å²) in [5.74, 6) is 1.47. The zero-order valence-corrected chi connectivity index (χ0v) is 9.29. The molecule has 0 spiro atoms. The van der Waals surface area contributed by atoms with Crippen molar-refractivity contribution in [3.05, 3.63) is 24.3 Å². The van der Waals surface area contributed by atoms with Gasteiger partial charge in [0, 0.05) is 0 Å². The van der Waals surface area contributed by atoms with Gasteiger partial charge in [-0.25, -0.2) is 0 Å². The Hall–Kier alpha value is -0.500. The summed E-state index contributed by atoms with van der Waals surface area (Å²) in [6.07, 6.45) is 0. The Labute approximate surface area is 88.9 Å². The highest BCUT2D eigenvalue weighted by Gasteiger charge is 2.27. The maximum Gasteiger partial charge on any atom is 0.463 e. The van der Waals surface area contributed by atoms with Crippen molar-refractivity contribution in [3.8, 4) is 11.5 Å². The lowest BCUT2D eigenvalue weighted by Gasteiger charge is -2.08. The molecule has 1 aromatic carbocycles. The highest BCUT2D eigenvalue weighted by molar-refractivity contribution is 7.43. The predicted octanol–water partition coefficient (Wildman–Crippen LogP) is 3.33. The zero-order valence-electron chi connectivity index (χ0n) is 7.64. The van der Waals surface area contributed by atoms with Crippen LogP contribution in [0.4, 0.5) is 0 Å². The molecule has 0 bridgehead atoms. The van der Waals surface area contributed by atoms with Gasteiger partial charge in [0.2, 0.25) is 0 Å². The molecule has 0 saturated heterocycles. The minimum atomic E-state index is -1.29. The molecule has 0 saturated carbocycles. The highest BCUT2D eigenvalue weighted by atomic mass is 35.5. The first kappa shape index (κ1) is 10.0. The lowest BCUT2D eigenvalue weighted by molar-refractivity contribution is 0.286. The second kappa shape index (κ2) is 4.35. The molecule has 5 heteroatoms. The molecule has 0 radical (unpaired) electrons. The lowest BCUT2D eigenvalue weighted by Crippen LogP contribution is -2.03. The Kier molecular flexibility index (Phi) is 3.12. The number of benzene rings is 1. The zero-order chi connectivity index (χ0) is 9.97. The molecule has 1 unspecified atom stereocenters. The second-order valence-corrected chi connectivity index (χ2v) is 4.75. The van der Waals surface area contributed by atoms with Crippen LogP contribution in [0.25, 0.3) is 0 Å². The van der Waals surface area contributed by atoms with Crippen LogP contribution in [-0.4, -0.2) is 12.0 Å². The first-order chi connectivity index (χ1) is 6.75. The fourth-order valence-electron chi connectivity index (χ4n) is 0.997. The Bertz CT molecular complexity index is 294. The van der Waals surface area contributed by atoms with Crippen LogP contribution < -0.4 is 9.05 Å². The van der Waals surface area contributed by atoms with Gasteiger partial charge in [0.1, 0.15) is 0 Å². The van der Waals surface area contributed by atoms with E-state index in [0.717, 1.165) is 11.5 Å². The first-order valence-corrected chi connectivity index (χ1v) is 5.81. The fourth-order valence-corrected chi connectivity index (χ4v) is 2.26. The van der Waals surface area contributed by atoms with Crippen LogP contribution in [0.15, 0.2) is 24.3 Å². The summed E-state index contributed by atoms with van der Waals surface area (Å²) < 4.78 is 16.2. The van der Waals surface area contributed by atoms with Crippen molar-refractivity contribution in [1.29, 1.82) is 0 Å². The van der Waals surface area contributed by atoms with Crippen molar-refractivity contribution in [1.82, 2.24) is 0 Å². The van der Waals surface area contributed by atoms with E-state index in [4.69, 9.17) is 25.2 Å². The standard InChI is InChI=1S/C9H10ClO3P/c1-7(10)6-11-14-12-8-4-2-3-5-9(8)13-14/h2-5,7H,6H2,1H3. The molecule has 0 aromatic heterocycles. The average molecular weight is 233 g/mol. The topological polar surface area (TPSA) is 27.7 Å². The van der Waals surface area contributed by atoms with Crippen molar-refractivity contribution in [3.63, 3.8) is 0 Å². The van der Waals surface area contributed by atoms with Crippen LogP contribution >= 0.6 is 20.2 Å². The number of rotatable bonds is 3. The van der Waals surface area contributed by atoms with Crippen molar-refractivity contribution < 1.29 is 13.6 Å². The molecule has 76 valence electrons. The van der Waals surface area contributed by atoms with Crippen LogP contribution in [0.2, 0.25) is 0 Å². The van der Waals surface area contributed by atoms with E-state index in [-0.39, 0.29) is 5.38 Å². The normalized spacial score (nSPS) is 17.0. The van der Waals surface area contributed by atoms with E-state index in [1.165, 1.54) is 0 Å². The van der Waals surface area contributed by atoms with Gasteiger partial charge in [0.05, 0.1) is 12.0 Å². The number of hydrogen-bond acceptors (Lipinski definition) is 3. The van der Waals surface area contributed by atoms with Crippen molar-refractivity contribution in [2.75, 3.05) is 6.61 Å². The van der Waals surface area contributed by atoms with Crippen LogP contribution in [-0.2, 0) is 4.52 Å². The molecule has 1 heterocycles. The Morgan fingerprint density at radius 2 is 1.93 bits per heavy atom. The molecule has 1 atom stereocenters. The van der Waals surface area contributed by atoms with E-state index >= 15 is 0 Å².